The van der Waals surface area contributed by atoms with E-state index >= 15 is 0 Å². The lowest BCUT2D eigenvalue weighted by Crippen LogP contribution is -2.41. The van der Waals surface area contributed by atoms with Gasteiger partial charge >= 0.3 is 7.12 Å². The third-order valence-electron chi connectivity index (χ3n) is 4.17. The lowest BCUT2D eigenvalue weighted by molar-refractivity contribution is 0.00578. The Morgan fingerprint density at radius 2 is 1.86 bits per heavy atom. The third kappa shape index (κ3) is 3.32. The minimum absolute atomic E-state index is 0.140. The van der Waals surface area contributed by atoms with Gasteiger partial charge in [0.25, 0.3) is 0 Å². The summed E-state index contributed by atoms with van der Waals surface area (Å²) in [6, 6.07) is 3.59. The number of rotatable bonds is 3. The number of hydrogen-bond acceptors (Lipinski definition) is 4. The van der Waals surface area contributed by atoms with Crippen LogP contribution >= 0.6 is 11.6 Å². The minimum atomic E-state index is -0.560. The molecule has 1 aliphatic rings. The molecule has 114 valence electrons. The molecule has 6 heteroatoms. The Balaban J connectivity index is 2.31. The van der Waals surface area contributed by atoms with Crippen LogP contribution in [0.3, 0.4) is 0 Å². The average molecular weight is 310 g/mol. The quantitative estimate of drug-likeness (QED) is 0.689. The van der Waals surface area contributed by atoms with Crippen molar-refractivity contribution in [3.8, 4) is 0 Å². The van der Waals surface area contributed by atoms with E-state index in [9.17, 15) is 5.11 Å². The van der Waals surface area contributed by atoms with Crippen molar-refractivity contribution in [2.45, 2.75) is 45.8 Å². The first kappa shape index (κ1) is 16.5. The van der Waals surface area contributed by atoms with Crippen LogP contribution in [0.4, 0.5) is 0 Å². The molecule has 0 atom stereocenters. The largest absolute Gasteiger partial charge is 0.492 e. The van der Waals surface area contributed by atoms with Gasteiger partial charge in [-0.25, -0.2) is 4.98 Å². The second-order valence-electron chi connectivity index (χ2n) is 6.27. The summed E-state index contributed by atoms with van der Waals surface area (Å²) in [6.07, 6.45) is 1.85. The molecule has 2 rings (SSSR count). The molecule has 1 aromatic heterocycles. The number of aromatic nitrogens is 1. The van der Waals surface area contributed by atoms with Gasteiger partial charge in [-0.15, -0.1) is 0 Å². The monoisotopic (exact) mass is 309 g/mol. The Morgan fingerprint density at radius 1 is 1.29 bits per heavy atom. The van der Waals surface area contributed by atoms with Gasteiger partial charge in [-0.05, 0) is 51.7 Å². The summed E-state index contributed by atoms with van der Waals surface area (Å²) < 4.78 is 11.9. The number of hydrogen-bond donors (Lipinski definition) is 1. The second kappa shape index (κ2) is 5.73. The highest BCUT2D eigenvalue weighted by atomic mass is 35.5. The average Bonchev–Trinajstić information content (AvgIpc) is 2.57. The SMILES string of the molecule is Cc1nc(Cl)ccc1C=C(CO)B1OC(C)(C)C(C)(C)O1. The first-order valence-electron chi connectivity index (χ1n) is 6.96. The first-order valence-corrected chi connectivity index (χ1v) is 7.34. The fraction of sp³-hybridized carbons (Fsp3) is 0.533. The number of aryl methyl sites for hydroxylation is 1. The van der Waals surface area contributed by atoms with Gasteiger partial charge in [-0.1, -0.05) is 23.7 Å². The van der Waals surface area contributed by atoms with Gasteiger partial charge < -0.3 is 14.4 Å². The van der Waals surface area contributed by atoms with Crippen LogP contribution in [0.2, 0.25) is 5.15 Å². The summed E-state index contributed by atoms with van der Waals surface area (Å²) in [5.74, 6) is 0. The zero-order chi connectivity index (χ0) is 15.8. The van der Waals surface area contributed by atoms with Gasteiger partial charge in [-0.3, -0.25) is 0 Å². The maximum absolute atomic E-state index is 9.66. The summed E-state index contributed by atoms with van der Waals surface area (Å²) in [6.45, 7) is 9.66. The highest BCUT2D eigenvalue weighted by molar-refractivity contribution is 6.55. The Hall–Kier alpha value is -0.875. The van der Waals surface area contributed by atoms with Crippen LogP contribution in [0, 0.1) is 6.92 Å². The Bertz CT molecular complexity index is 556. The molecule has 1 aromatic rings. The fourth-order valence-corrected chi connectivity index (χ4v) is 2.27. The van der Waals surface area contributed by atoms with E-state index in [1.165, 1.54) is 0 Å². The number of aliphatic hydroxyl groups excluding tert-OH is 1. The van der Waals surface area contributed by atoms with E-state index < -0.39 is 18.3 Å². The molecule has 0 aromatic carbocycles. The molecule has 0 unspecified atom stereocenters. The molecule has 1 saturated heterocycles. The normalized spacial score (nSPS) is 20.9. The molecule has 0 saturated carbocycles. The summed E-state index contributed by atoms with van der Waals surface area (Å²) >= 11 is 5.86. The van der Waals surface area contributed by atoms with E-state index in [1.807, 2.05) is 46.8 Å². The van der Waals surface area contributed by atoms with Crippen molar-refractivity contribution >= 4 is 24.8 Å². The maximum Gasteiger partial charge on any atom is 0.492 e. The molecule has 0 aliphatic carbocycles. The molecule has 0 radical (unpaired) electrons. The second-order valence-corrected chi connectivity index (χ2v) is 6.66. The van der Waals surface area contributed by atoms with Gasteiger partial charge in [0.1, 0.15) is 5.15 Å². The van der Waals surface area contributed by atoms with E-state index in [-0.39, 0.29) is 6.61 Å². The van der Waals surface area contributed by atoms with Crippen molar-refractivity contribution < 1.29 is 14.4 Å². The number of aliphatic hydroxyl groups is 1. The zero-order valence-corrected chi connectivity index (χ0v) is 13.9. The van der Waals surface area contributed by atoms with Gasteiger partial charge in [0.2, 0.25) is 0 Å². The van der Waals surface area contributed by atoms with Crippen LogP contribution in [0.25, 0.3) is 6.08 Å². The lowest BCUT2D eigenvalue weighted by atomic mass is 9.77. The van der Waals surface area contributed by atoms with Crippen LogP contribution in [0.5, 0.6) is 0 Å². The molecule has 2 heterocycles. The molecule has 0 amide bonds. The van der Waals surface area contributed by atoms with Gasteiger partial charge in [0, 0.05) is 5.69 Å². The van der Waals surface area contributed by atoms with E-state index in [4.69, 9.17) is 20.9 Å². The molecule has 0 bridgehead atoms. The molecular formula is C15H21BClNO3. The Kier molecular flexibility index (Phi) is 4.50. The lowest BCUT2D eigenvalue weighted by Gasteiger charge is -2.32. The van der Waals surface area contributed by atoms with Crippen molar-refractivity contribution in [2.24, 2.45) is 0 Å². The third-order valence-corrected chi connectivity index (χ3v) is 4.38. The molecule has 0 spiro atoms. The maximum atomic E-state index is 9.66. The Labute approximate surface area is 131 Å². The summed E-state index contributed by atoms with van der Waals surface area (Å²) in [4.78, 5) is 4.20. The predicted molar refractivity (Wildman–Crippen MR) is 85.1 cm³/mol. The van der Waals surface area contributed by atoms with Crippen LogP contribution in [0.1, 0.15) is 39.0 Å². The predicted octanol–water partition coefficient (Wildman–Crippen LogP) is 3.05. The molecule has 1 aliphatic heterocycles. The van der Waals surface area contributed by atoms with Crippen molar-refractivity contribution in [3.05, 3.63) is 34.0 Å². The molecular weight excluding hydrogens is 288 g/mol. The fourth-order valence-electron chi connectivity index (χ4n) is 2.08. The summed E-state index contributed by atoms with van der Waals surface area (Å²) in [7, 11) is -0.560. The van der Waals surface area contributed by atoms with Gasteiger partial charge in [-0.2, -0.15) is 0 Å². The van der Waals surface area contributed by atoms with E-state index in [0.717, 1.165) is 11.3 Å². The van der Waals surface area contributed by atoms with Gasteiger partial charge in [0.15, 0.2) is 0 Å². The topological polar surface area (TPSA) is 51.6 Å². The Morgan fingerprint density at radius 3 is 2.33 bits per heavy atom. The van der Waals surface area contributed by atoms with Crippen LogP contribution < -0.4 is 0 Å². The molecule has 21 heavy (non-hydrogen) atoms. The first-order chi connectivity index (χ1) is 9.66. The highest BCUT2D eigenvalue weighted by Crippen LogP contribution is 2.38. The van der Waals surface area contributed by atoms with Crippen LogP contribution in [-0.2, 0) is 9.31 Å². The smallest absolute Gasteiger partial charge is 0.400 e. The zero-order valence-electron chi connectivity index (χ0n) is 13.1. The molecule has 1 fully saturated rings. The van der Waals surface area contributed by atoms with E-state index in [0.29, 0.717) is 10.6 Å². The van der Waals surface area contributed by atoms with Crippen LogP contribution in [-0.4, -0.2) is 35.0 Å². The standard InChI is InChI=1S/C15H21BClNO3/c1-10-11(6-7-13(17)18-10)8-12(9-19)16-20-14(2,3)15(4,5)21-16/h6-8,19H,9H2,1-5H3. The number of pyridine rings is 1. The van der Waals surface area contributed by atoms with E-state index in [1.54, 1.807) is 6.07 Å². The van der Waals surface area contributed by atoms with Gasteiger partial charge in [0.05, 0.1) is 17.8 Å². The minimum Gasteiger partial charge on any atom is -0.400 e. The van der Waals surface area contributed by atoms with Crippen molar-refractivity contribution in [3.63, 3.8) is 0 Å². The molecule has 4 nitrogen and oxygen atoms in total. The van der Waals surface area contributed by atoms with Crippen molar-refractivity contribution in [1.29, 1.82) is 0 Å². The number of nitrogens with zero attached hydrogens (tertiary/aromatic N) is 1. The van der Waals surface area contributed by atoms with Crippen molar-refractivity contribution in [1.82, 2.24) is 4.98 Å². The molecule has 1 N–H and O–H groups in total. The van der Waals surface area contributed by atoms with E-state index in [2.05, 4.69) is 4.98 Å². The summed E-state index contributed by atoms with van der Waals surface area (Å²) in [5, 5.41) is 10.1. The summed E-state index contributed by atoms with van der Waals surface area (Å²) in [5.41, 5.74) is 1.49. The number of halogens is 1. The highest BCUT2D eigenvalue weighted by Gasteiger charge is 2.52. The van der Waals surface area contributed by atoms with Crippen LogP contribution in [0.15, 0.2) is 17.6 Å². The van der Waals surface area contributed by atoms with Crippen molar-refractivity contribution in [2.75, 3.05) is 6.61 Å².